The largest absolute Gasteiger partial charge is 0.516 e. The Balaban J connectivity index is 4.10. The van der Waals surface area contributed by atoms with E-state index >= 15 is 0 Å². The minimum atomic E-state index is -0.895. The van der Waals surface area contributed by atoms with Gasteiger partial charge >= 0.3 is 12.1 Å². The van der Waals surface area contributed by atoms with Gasteiger partial charge in [-0.25, -0.2) is 4.79 Å². The van der Waals surface area contributed by atoms with Crippen molar-refractivity contribution in [1.82, 2.24) is 0 Å². The second kappa shape index (κ2) is 7.30. The summed E-state index contributed by atoms with van der Waals surface area (Å²) in [6, 6.07) is 0. The molecule has 0 unspecified atom stereocenters. The number of esters is 1. The SMILES string of the molecule is CCCCC(C)(C)C(=O)OC(=O)OCC(C)C. The zero-order valence-corrected chi connectivity index (χ0v) is 11.5. The summed E-state index contributed by atoms with van der Waals surface area (Å²) in [6.45, 7) is 9.71. The van der Waals surface area contributed by atoms with Crippen LogP contribution in [0.5, 0.6) is 0 Å². The molecular weight excluding hydrogens is 220 g/mol. The van der Waals surface area contributed by atoms with Crippen LogP contribution < -0.4 is 0 Å². The van der Waals surface area contributed by atoms with Crippen LogP contribution >= 0.6 is 0 Å². The third kappa shape index (κ3) is 6.97. The monoisotopic (exact) mass is 244 g/mol. The van der Waals surface area contributed by atoms with Gasteiger partial charge in [0.05, 0.1) is 12.0 Å². The summed E-state index contributed by atoms with van der Waals surface area (Å²) in [4.78, 5) is 22.9. The summed E-state index contributed by atoms with van der Waals surface area (Å²) in [5.74, 6) is -0.287. The minimum Gasteiger partial charge on any atom is -0.434 e. The molecule has 0 saturated heterocycles. The van der Waals surface area contributed by atoms with E-state index in [-0.39, 0.29) is 12.5 Å². The van der Waals surface area contributed by atoms with Gasteiger partial charge in [-0.3, -0.25) is 4.79 Å². The number of carbonyl (C=O) groups is 2. The highest BCUT2D eigenvalue weighted by atomic mass is 16.7. The van der Waals surface area contributed by atoms with Crippen LogP contribution in [0.3, 0.4) is 0 Å². The van der Waals surface area contributed by atoms with E-state index in [1.807, 2.05) is 13.8 Å². The number of hydrogen-bond donors (Lipinski definition) is 0. The van der Waals surface area contributed by atoms with Crippen molar-refractivity contribution < 1.29 is 19.1 Å². The molecule has 0 aliphatic rings. The van der Waals surface area contributed by atoms with Crippen LogP contribution in [0.25, 0.3) is 0 Å². The van der Waals surface area contributed by atoms with Crippen LogP contribution in [0.4, 0.5) is 4.79 Å². The van der Waals surface area contributed by atoms with E-state index in [1.165, 1.54) is 0 Å². The molecule has 0 saturated carbocycles. The van der Waals surface area contributed by atoms with Crippen molar-refractivity contribution in [3.8, 4) is 0 Å². The van der Waals surface area contributed by atoms with Crippen LogP contribution in [-0.2, 0) is 14.3 Å². The van der Waals surface area contributed by atoms with Crippen molar-refractivity contribution in [2.45, 2.75) is 53.9 Å². The topological polar surface area (TPSA) is 52.6 Å². The van der Waals surface area contributed by atoms with Gasteiger partial charge in [-0.2, -0.15) is 0 Å². The molecule has 0 N–H and O–H groups in total. The van der Waals surface area contributed by atoms with Gasteiger partial charge in [0.1, 0.15) is 0 Å². The first kappa shape index (κ1) is 15.9. The molecule has 0 aliphatic carbocycles. The lowest BCUT2D eigenvalue weighted by Crippen LogP contribution is -2.29. The molecule has 4 heteroatoms. The predicted octanol–water partition coefficient (Wildman–Crippen LogP) is 3.54. The van der Waals surface area contributed by atoms with Gasteiger partial charge in [0.25, 0.3) is 0 Å². The van der Waals surface area contributed by atoms with Gasteiger partial charge in [0.15, 0.2) is 0 Å². The smallest absolute Gasteiger partial charge is 0.434 e. The second-order valence-electron chi connectivity index (χ2n) is 5.33. The van der Waals surface area contributed by atoms with E-state index in [1.54, 1.807) is 13.8 Å². The summed E-state index contributed by atoms with van der Waals surface area (Å²) in [5.41, 5.74) is -0.632. The Morgan fingerprint density at radius 3 is 2.29 bits per heavy atom. The van der Waals surface area contributed by atoms with E-state index < -0.39 is 17.5 Å². The maximum Gasteiger partial charge on any atom is 0.516 e. The van der Waals surface area contributed by atoms with E-state index in [0.29, 0.717) is 6.42 Å². The molecule has 0 aromatic rings. The second-order valence-corrected chi connectivity index (χ2v) is 5.33. The average Bonchev–Trinajstić information content (AvgIpc) is 2.23. The zero-order valence-electron chi connectivity index (χ0n) is 11.5. The Hall–Kier alpha value is -1.06. The normalized spacial score (nSPS) is 11.4. The number of unbranched alkanes of at least 4 members (excludes halogenated alkanes) is 1. The number of rotatable bonds is 6. The Morgan fingerprint density at radius 2 is 1.82 bits per heavy atom. The fourth-order valence-electron chi connectivity index (χ4n) is 1.20. The highest BCUT2D eigenvalue weighted by Gasteiger charge is 2.31. The molecule has 0 aromatic heterocycles. The van der Waals surface area contributed by atoms with E-state index in [9.17, 15) is 9.59 Å². The first-order valence-corrected chi connectivity index (χ1v) is 6.18. The molecule has 100 valence electrons. The van der Waals surface area contributed by atoms with Crippen LogP contribution in [0, 0.1) is 11.3 Å². The zero-order chi connectivity index (χ0) is 13.5. The summed E-state index contributed by atoms with van der Waals surface area (Å²) in [6.07, 6.45) is 1.76. The standard InChI is InChI=1S/C13H24O4/c1-6-7-8-13(4,5)11(14)17-12(15)16-9-10(2)3/h10H,6-9H2,1-5H3. The van der Waals surface area contributed by atoms with Crippen molar-refractivity contribution in [2.24, 2.45) is 11.3 Å². The average molecular weight is 244 g/mol. The summed E-state index contributed by atoms with van der Waals surface area (Å²) in [7, 11) is 0. The molecule has 0 amide bonds. The fraction of sp³-hybridized carbons (Fsp3) is 0.846. The maximum atomic E-state index is 11.7. The Kier molecular flexibility index (Phi) is 6.85. The maximum absolute atomic E-state index is 11.7. The van der Waals surface area contributed by atoms with Gasteiger partial charge < -0.3 is 9.47 Å². The summed E-state index contributed by atoms with van der Waals surface area (Å²) >= 11 is 0. The molecule has 0 aliphatic heterocycles. The van der Waals surface area contributed by atoms with Gasteiger partial charge in [0, 0.05) is 0 Å². The highest BCUT2D eigenvalue weighted by Crippen LogP contribution is 2.25. The Bertz CT molecular complexity index is 256. The summed E-state index contributed by atoms with van der Waals surface area (Å²) in [5, 5.41) is 0. The molecule has 0 radical (unpaired) electrons. The van der Waals surface area contributed by atoms with Gasteiger partial charge in [-0.15, -0.1) is 0 Å². The number of ether oxygens (including phenoxy) is 2. The Morgan fingerprint density at radius 1 is 1.24 bits per heavy atom. The molecule has 0 fully saturated rings. The van der Waals surface area contributed by atoms with E-state index in [0.717, 1.165) is 12.8 Å². The van der Waals surface area contributed by atoms with E-state index in [4.69, 9.17) is 4.74 Å². The lowest BCUT2D eigenvalue weighted by atomic mass is 9.87. The van der Waals surface area contributed by atoms with Crippen molar-refractivity contribution in [2.75, 3.05) is 6.61 Å². The molecule has 0 spiro atoms. The molecular formula is C13H24O4. The molecule has 17 heavy (non-hydrogen) atoms. The quantitative estimate of drug-likeness (QED) is 0.529. The van der Waals surface area contributed by atoms with Crippen molar-refractivity contribution in [1.29, 1.82) is 0 Å². The van der Waals surface area contributed by atoms with Crippen LogP contribution in [-0.4, -0.2) is 18.7 Å². The molecule has 0 heterocycles. The van der Waals surface area contributed by atoms with E-state index in [2.05, 4.69) is 11.7 Å². The third-order valence-corrected chi connectivity index (χ3v) is 2.42. The first-order chi connectivity index (χ1) is 7.79. The van der Waals surface area contributed by atoms with Crippen molar-refractivity contribution >= 4 is 12.1 Å². The van der Waals surface area contributed by atoms with Crippen LogP contribution in [0.1, 0.15) is 53.9 Å². The lowest BCUT2D eigenvalue weighted by molar-refractivity contribution is -0.150. The molecule has 0 atom stereocenters. The number of carbonyl (C=O) groups excluding carboxylic acids is 2. The van der Waals surface area contributed by atoms with Crippen molar-refractivity contribution in [3.63, 3.8) is 0 Å². The molecule has 0 rings (SSSR count). The highest BCUT2D eigenvalue weighted by molar-refractivity contribution is 5.85. The van der Waals surface area contributed by atoms with Gasteiger partial charge in [-0.1, -0.05) is 33.6 Å². The Labute approximate surface area is 104 Å². The molecule has 4 nitrogen and oxygen atoms in total. The van der Waals surface area contributed by atoms with Gasteiger partial charge in [0.2, 0.25) is 0 Å². The molecule has 0 aromatic carbocycles. The predicted molar refractivity (Wildman–Crippen MR) is 65.6 cm³/mol. The minimum absolute atomic E-state index is 0.228. The number of hydrogen-bond acceptors (Lipinski definition) is 4. The first-order valence-electron chi connectivity index (χ1n) is 6.18. The molecule has 0 bridgehead atoms. The van der Waals surface area contributed by atoms with Crippen LogP contribution in [0.2, 0.25) is 0 Å². The fourth-order valence-corrected chi connectivity index (χ4v) is 1.20. The summed E-state index contributed by atoms with van der Waals surface area (Å²) < 4.78 is 9.45. The third-order valence-electron chi connectivity index (χ3n) is 2.42. The van der Waals surface area contributed by atoms with Gasteiger partial charge in [-0.05, 0) is 26.2 Å². The lowest BCUT2D eigenvalue weighted by Gasteiger charge is -2.21. The van der Waals surface area contributed by atoms with Crippen LogP contribution in [0.15, 0.2) is 0 Å². The van der Waals surface area contributed by atoms with Crippen molar-refractivity contribution in [3.05, 3.63) is 0 Å².